The highest BCUT2D eigenvalue weighted by Gasteiger charge is 2.39. The molecule has 100 valence electrons. The second-order valence-electron chi connectivity index (χ2n) is 4.25. The van der Waals surface area contributed by atoms with Crippen LogP contribution in [0.1, 0.15) is 23.7 Å². The van der Waals surface area contributed by atoms with Crippen molar-refractivity contribution in [2.45, 2.75) is 18.7 Å². The standard InChI is InChI=1S/C12H12F4O2/c13-8-1-2-9(10(5-8)12(14,15)16)11-7(6-17)3-4-18-11/h1-2,5,7,11,17H,3-4,6H2. The lowest BCUT2D eigenvalue weighted by atomic mass is 9.92. The first-order chi connectivity index (χ1) is 8.43. The summed E-state index contributed by atoms with van der Waals surface area (Å²) in [4.78, 5) is 0. The van der Waals surface area contributed by atoms with E-state index in [0.717, 1.165) is 12.1 Å². The molecular weight excluding hydrogens is 252 g/mol. The summed E-state index contributed by atoms with van der Waals surface area (Å²) < 4.78 is 56.7. The lowest BCUT2D eigenvalue weighted by Crippen LogP contribution is -2.17. The van der Waals surface area contributed by atoms with Gasteiger partial charge in [0.1, 0.15) is 5.82 Å². The van der Waals surface area contributed by atoms with Gasteiger partial charge >= 0.3 is 6.18 Å². The van der Waals surface area contributed by atoms with Crippen LogP contribution in [0.3, 0.4) is 0 Å². The number of hydrogen-bond acceptors (Lipinski definition) is 2. The first-order valence-electron chi connectivity index (χ1n) is 5.52. The highest BCUT2D eigenvalue weighted by molar-refractivity contribution is 5.33. The van der Waals surface area contributed by atoms with Gasteiger partial charge in [-0.15, -0.1) is 0 Å². The summed E-state index contributed by atoms with van der Waals surface area (Å²) in [6.07, 6.45) is -4.97. The van der Waals surface area contributed by atoms with Crippen LogP contribution in [0.25, 0.3) is 0 Å². The molecule has 0 aromatic heterocycles. The zero-order valence-corrected chi connectivity index (χ0v) is 9.38. The van der Waals surface area contributed by atoms with Crippen LogP contribution in [0.15, 0.2) is 18.2 Å². The zero-order chi connectivity index (χ0) is 13.3. The van der Waals surface area contributed by atoms with Crippen LogP contribution in [0.4, 0.5) is 17.6 Å². The lowest BCUT2D eigenvalue weighted by Gasteiger charge is -2.21. The van der Waals surface area contributed by atoms with Crippen molar-refractivity contribution in [2.24, 2.45) is 5.92 Å². The highest BCUT2D eigenvalue weighted by Crippen LogP contribution is 2.41. The summed E-state index contributed by atoms with van der Waals surface area (Å²) in [6.45, 7) is 0.0455. The number of aliphatic hydroxyl groups excluding tert-OH is 1. The van der Waals surface area contributed by atoms with Crippen LogP contribution < -0.4 is 0 Å². The Hall–Kier alpha value is -1.14. The maximum absolute atomic E-state index is 13.0. The molecule has 0 saturated carbocycles. The minimum absolute atomic E-state index is 0.111. The smallest absolute Gasteiger partial charge is 0.396 e. The maximum atomic E-state index is 13.0. The van der Waals surface area contributed by atoms with Crippen molar-refractivity contribution in [3.63, 3.8) is 0 Å². The minimum atomic E-state index is -4.64. The SMILES string of the molecule is OCC1CCOC1c1ccc(F)cc1C(F)(F)F. The van der Waals surface area contributed by atoms with Gasteiger partial charge in [0.05, 0.1) is 11.7 Å². The Morgan fingerprint density at radius 1 is 1.33 bits per heavy atom. The van der Waals surface area contributed by atoms with Crippen LogP contribution in [0.5, 0.6) is 0 Å². The molecule has 1 aliphatic heterocycles. The third-order valence-electron chi connectivity index (χ3n) is 3.08. The number of halogens is 4. The van der Waals surface area contributed by atoms with Gasteiger partial charge in [0.25, 0.3) is 0 Å². The molecule has 1 heterocycles. The van der Waals surface area contributed by atoms with Crippen molar-refractivity contribution < 1.29 is 27.4 Å². The maximum Gasteiger partial charge on any atom is 0.416 e. The predicted molar refractivity (Wildman–Crippen MR) is 55.3 cm³/mol. The molecule has 6 heteroatoms. The fourth-order valence-electron chi connectivity index (χ4n) is 2.19. The molecule has 1 N–H and O–H groups in total. The van der Waals surface area contributed by atoms with E-state index in [9.17, 15) is 17.6 Å². The molecule has 18 heavy (non-hydrogen) atoms. The van der Waals surface area contributed by atoms with Gasteiger partial charge in [-0.05, 0) is 24.1 Å². The van der Waals surface area contributed by atoms with E-state index in [1.165, 1.54) is 0 Å². The van der Waals surface area contributed by atoms with Gasteiger partial charge in [0, 0.05) is 19.1 Å². The Balaban J connectivity index is 2.44. The number of alkyl halides is 3. The summed E-state index contributed by atoms with van der Waals surface area (Å²) in [6, 6.07) is 2.52. The molecule has 1 aromatic rings. The first-order valence-corrected chi connectivity index (χ1v) is 5.52. The quantitative estimate of drug-likeness (QED) is 0.832. The molecule has 1 saturated heterocycles. The third-order valence-corrected chi connectivity index (χ3v) is 3.08. The summed E-state index contributed by atoms with van der Waals surface area (Å²) >= 11 is 0. The van der Waals surface area contributed by atoms with Crippen molar-refractivity contribution in [3.05, 3.63) is 35.1 Å². The van der Waals surface area contributed by atoms with Gasteiger partial charge in [-0.25, -0.2) is 4.39 Å². The highest BCUT2D eigenvalue weighted by atomic mass is 19.4. The number of ether oxygens (including phenoxy) is 1. The molecule has 2 rings (SSSR count). The Bertz CT molecular complexity index is 431. The number of hydrogen-bond donors (Lipinski definition) is 1. The topological polar surface area (TPSA) is 29.5 Å². The molecule has 0 aliphatic carbocycles. The van der Waals surface area contributed by atoms with Crippen LogP contribution >= 0.6 is 0 Å². The largest absolute Gasteiger partial charge is 0.416 e. The fourth-order valence-corrected chi connectivity index (χ4v) is 2.19. The third kappa shape index (κ3) is 2.49. The van der Waals surface area contributed by atoms with E-state index in [0.29, 0.717) is 19.1 Å². The fraction of sp³-hybridized carbons (Fsp3) is 0.500. The summed E-state index contributed by atoms with van der Waals surface area (Å²) in [5.74, 6) is -1.32. The van der Waals surface area contributed by atoms with Crippen LogP contribution in [-0.2, 0) is 10.9 Å². The van der Waals surface area contributed by atoms with E-state index in [1.54, 1.807) is 0 Å². The normalized spacial score (nSPS) is 24.5. The van der Waals surface area contributed by atoms with E-state index in [1.807, 2.05) is 0 Å². The molecule has 0 radical (unpaired) electrons. The van der Waals surface area contributed by atoms with Crippen LogP contribution in [0.2, 0.25) is 0 Å². The van der Waals surface area contributed by atoms with E-state index in [2.05, 4.69) is 0 Å². The molecule has 0 amide bonds. The average Bonchev–Trinajstić information content (AvgIpc) is 2.75. The van der Waals surface area contributed by atoms with Gasteiger partial charge < -0.3 is 9.84 Å². The molecule has 1 aliphatic rings. The van der Waals surface area contributed by atoms with Crippen LogP contribution in [0, 0.1) is 11.7 Å². The van der Waals surface area contributed by atoms with E-state index < -0.39 is 23.7 Å². The predicted octanol–water partition coefficient (Wildman–Crippen LogP) is 2.91. The zero-order valence-electron chi connectivity index (χ0n) is 9.38. The second-order valence-corrected chi connectivity index (χ2v) is 4.25. The molecule has 1 fully saturated rings. The Morgan fingerprint density at radius 2 is 2.06 bits per heavy atom. The monoisotopic (exact) mass is 264 g/mol. The molecule has 2 unspecified atom stereocenters. The van der Waals surface area contributed by atoms with E-state index in [4.69, 9.17) is 9.84 Å². The molecule has 0 spiro atoms. The van der Waals surface area contributed by atoms with Crippen molar-refractivity contribution in [2.75, 3.05) is 13.2 Å². The molecule has 0 bridgehead atoms. The number of aliphatic hydroxyl groups is 1. The summed E-state index contributed by atoms with van der Waals surface area (Å²) in [5.41, 5.74) is -1.15. The number of rotatable bonds is 2. The van der Waals surface area contributed by atoms with Crippen molar-refractivity contribution in [1.82, 2.24) is 0 Å². The van der Waals surface area contributed by atoms with Crippen molar-refractivity contribution in [1.29, 1.82) is 0 Å². The number of benzene rings is 1. The van der Waals surface area contributed by atoms with Crippen molar-refractivity contribution >= 4 is 0 Å². The van der Waals surface area contributed by atoms with Gasteiger partial charge in [0.2, 0.25) is 0 Å². The summed E-state index contributed by atoms with van der Waals surface area (Å²) in [5, 5.41) is 9.11. The Morgan fingerprint density at radius 3 is 2.67 bits per heavy atom. The lowest BCUT2D eigenvalue weighted by molar-refractivity contribution is -0.139. The van der Waals surface area contributed by atoms with Gasteiger partial charge in [-0.1, -0.05) is 6.07 Å². The van der Waals surface area contributed by atoms with Gasteiger partial charge in [-0.3, -0.25) is 0 Å². The summed E-state index contributed by atoms with van der Waals surface area (Å²) in [7, 11) is 0. The Labute approximate surface area is 101 Å². The first kappa shape index (κ1) is 13.3. The minimum Gasteiger partial charge on any atom is -0.396 e. The molecule has 2 atom stereocenters. The van der Waals surface area contributed by atoms with Crippen LogP contribution in [-0.4, -0.2) is 18.3 Å². The van der Waals surface area contributed by atoms with Gasteiger partial charge in [0.15, 0.2) is 0 Å². The average molecular weight is 264 g/mol. The van der Waals surface area contributed by atoms with Crippen molar-refractivity contribution in [3.8, 4) is 0 Å². The second kappa shape index (κ2) is 4.85. The van der Waals surface area contributed by atoms with E-state index in [-0.39, 0.29) is 18.1 Å². The van der Waals surface area contributed by atoms with Gasteiger partial charge in [-0.2, -0.15) is 13.2 Å². The Kier molecular flexibility index (Phi) is 3.59. The van der Waals surface area contributed by atoms with E-state index >= 15 is 0 Å². The molecule has 2 nitrogen and oxygen atoms in total. The molecular formula is C12H12F4O2. The molecule has 1 aromatic carbocycles.